The Balaban J connectivity index is 0.00000338. The minimum Gasteiger partial charge on any atom is -0.350 e. The van der Waals surface area contributed by atoms with Crippen LogP contribution in [-0.2, 0) is 4.79 Å². The Morgan fingerprint density at radius 1 is 1.19 bits per heavy atom. The van der Waals surface area contributed by atoms with Gasteiger partial charge in [0, 0.05) is 18.3 Å². The SMILES string of the molecule is C#Cc1cccc(NC(=O)CNC(=NC)NC(C)c2ccccc2)c1.I. The minimum atomic E-state index is -0.176. The number of aliphatic imine (C=N–C) groups is 1. The van der Waals surface area contributed by atoms with Crippen molar-refractivity contribution in [2.24, 2.45) is 4.99 Å². The van der Waals surface area contributed by atoms with Gasteiger partial charge >= 0.3 is 0 Å². The zero-order valence-electron chi connectivity index (χ0n) is 14.8. The molecule has 1 amide bonds. The van der Waals surface area contributed by atoms with E-state index >= 15 is 0 Å². The Morgan fingerprint density at radius 2 is 1.92 bits per heavy atom. The average Bonchev–Trinajstić information content (AvgIpc) is 2.65. The topological polar surface area (TPSA) is 65.5 Å². The van der Waals surface area contributed by atoms with Gasteiger partial charge in [0.15, 0.2) is 5.96 Å². The number of benzene rings is 2. The minimum absolute atomic E-state index is 0. The van der Waals surface area contributed by atoms with Gasteiger partial charge in [-0.15, -0.1) is 30.4 Å². The number of amides is 1. The van der Waals surface area contributed by atoms with E-state index in [0.717, 1.165) is 11.1 Å². The molecule has 3 N–H and O–H groups in total. The van der Waals surface area contributed by atoms with Crippen LogP contribution in [0.1, 0.15) is 24.1 Å². The van der Waals surface area contributed by atoms with Crippen LogP contribution in [0.5, 0.6) is 0 Å². The van der Waals surface area contributed by atoms with Crippen molar-refractivity contribution < 1.29 is 4.79 Å². The van der Waals surface area contributed by atoms with E-state index in [1.54, 1.807) is 25.2 Å². The van der Waals surface area contributed by atoms with Gasteiger partial charge in [0.05, 0.1) is 12.6 Å². The molecule has 0 aliphatic carbocycles. The van der Waals surface area contributed by atoms with E-state index in [-0.39, 0.29) is 42.5 Å². The maximum Gasteiger partial charge on any atom is 0.243 e. The molecule has 5 nitrogen and oxygen atoms in total. The Labute approximate surface area is 171 Å². The van der Waals surface area contributed by atoms with Crippen LogP contribution in [0.3, 0.4) is 0 Å². The van der Waals surface area contributed by atoms with Gasteiger partial charge < -0.3 is 16.0 Å². The van der Waals surface area contributed by atoms with Gasteiger partial charge in [-0.2, -0.15) is 0 Å². The molecule has 0 aliphatic rings. The third-order valence-corrected chi connectivity index (χ3v) is 3.61. The fourth-order valence-corrected chi connectivity index (χ4v) is 2.28. The standard InChI is InChI=1S/C20H22N4O.HI/c1-4-16-9-8-12-18(13-16)24-19(25)14-22-20(21-3)23-15(2)17-10-6-5-7-11-17;/h1,5-13,15H,14H2,2-3H3,(H,24,25)(H2,21,22,23);1H. The number of nitrogens with one attached hydrogen (secondary N) is 3. The van der Waals surface area contributed by atoms with Crippen molar-refractivity contribution in [3.8, 4) is 12.3 Å². The van der Waals surface area contributed by atoms with Crippen molar-refractivity contribution in [2.45, 2.75) is 13.0 Å². The molecule has 0 bridgehead atoms. The molecule has 2 rings (SSSR count). The second-order valence-electron chi connectivity index (χ2n) is 5.48. The van der Waals surface area contributed by atoms with Crippen LogP contribution < -0.4 is 16.0 Å². The first kappa shape index (κ1) is 21.5. The third-order valence-electron chi connectivity index (χ3n) is 3.61. The van der Waals surface area contributed by atoms with E-state index in [4.69, 9.17) is 6.42 Å². The predicted molar refractivity (Wildman–Crippen MR) is 118 cm³/mol. The summed E-state index contributed by atoms with van der Waals surface area (Å²) in [5.74, 6) is 2.92. The molecule has 0 saturated carbocycles. The number of terminal acetylenes is 1. The summed E-state index contributed by atoms with van der Waals surface area (Å²) in [6, 6.07) is 17.3. The molecule has 1 unspecified atom stereocenters. The summed E-state index contributed by atoms with van der Waals surface area (Å²) in [5.41, 5.74) is 2.53. The van der Waals surface area contributed by atoms with E-state index < -0.39 is 0 Å². The van der Waals surface area contributed by atoms with Gasteiger partial charge in [-0.1, -0.05) is 42.3 Å². The van der Waals surface area contributed by atoms with Crippen LogP contribution in [0.25, 0.3) is 0 Å². The van der Waals surface area contributed by atoms with Crippen molar-refractivity contribution in [3.63, 3.8) is 0 Å². The lowest BCUT2D eigenvalue weighted by Crippen LogP contribution is -2.42. The van der Waals surface area contributed by atoms with E-state index in [0.29, 0.717) is 11.6 Å². The maximum absolute atomic E-state index is 12.1. The number of halogens is 1. The molecule has 26 heavy (non-hydrogen) atoms. The molecule has 2 aromatic carbocycles. The molecule has 0 aliphatic heterocycles. The fraction of sp³-hybridized carbons (Fsp3) is 0.200. The molecule has 2 aromatic rings. The molecular formula is C20H23IN4O. The van der Waals surface area contributed by atoms with Crippen LogP contribution in [-0.4, -0.2) is 25.5 Å². The summed E-state index contributed by atoms with van der Waals surface area (Å²) in [7, 11) is 1.67. The van der Waals surface area contributed by atoms with E-state index in [1.165, 1.54) is 0 Å². The van der Waals surface area contributed by atoms with E-state index in [1.807, 2.05) is 43.3 Å². The summed E-state index contributed by atoms with van der Waals surface area (Å²) < 4.78 is 0. The molecule has 0 aromatic heterocycles. The maximum atomic E-state index is 12.1. The van der Waals surface area contributed by atoms with E-state index in [9.17, 15) is 4.79 Å². The quantitative estimate of drug-likeness (QED) is 0.277. The molecule has 1 atom stereocenters. The third kappa shape index (κ3) is 6.76. The molecule has 0 spiro atoms. The first-order valence-electron chi connectivity index (χ1n) is 8.01. The normalized spacial score (nSPS) is 11.5. The molecule has 0 fully saturated rings. The summed E-state index contributed by atoms with van der Waals surface area (Å²) in [5, 5.41) is 9.06. The van der Waals surface area contributed by atoms with Crippen molar-refractivity contribution in [2.75, 3.05) is 18.9 Å². The van der Waals surface area contributed by atoms with Crippen LogP contribution >= 0.6 is 24.0 Å². The van der Waals surface area contributed by atoms with Crippen LogP contribution in [0.4, 0.5) is 5.69 Å². The van der Waals surface area contributed by atoms with Gasteiger partial charge in [0.25, 0.3) is 0 Å². The molecule has 136 valence electrons. The highest BCUT2D eigenvalue weighted by Crippen LogP contribution is 2.11. The zero-order valence-corrected chi connectivity index (χ0v) is 17.2. The summed E-state index contributed by atoms with van der Waals surface area (Å²) in [4.78, 5) is 16.2. The van der Waals surface area contributed by atoms with E-state index in [2.05, 4.69) is 26.9 Å². The second-order valence-corrected chi connectivity index (χ2v) is 5.48. The highest BCUT2D eigenvalue weighted by molar-refractivity contribution is 14.0. The first-order chi connectivity index (χ1) is 12.1. The van der Waals surface area contributed by atoms with Crippen molar-refractivity contribution in [3.05, 3.63) is 65.7 Å². The fourth-order valence-electron chi connectivity index (χ4n) is 2.28. The number of rotatable bonds is 5. The van der Waals surface area contributed by atoms with Gasteiger partial charge in [-0.25, -0.2) is 0 Å². The van der Waals surface area contributed by atoms with Gasteiger partial charge in [0.1, 0.15) is 0 Å². The first-order valence-corrected chi connectivity index (χ1v) is 8.01. The summed E-state index contributed by atoms with van der Waals surface area (Å²) >= 11 is 0. The number of nitrogens with zero attached hydrogens (tertiary/aromatic N) is 1. The smallest absolute Gasteiger partial charge is 0.243 e. The van der Waals surface area contributed by atoms with Gasteiger partial charge in [0.2, 0.25) is 5.91 Å². The molecule has 0 saturated heterocycles. The lowest BCUT2D eigenvalue weighted by atomic mass is 10.1. The Hall–Kier alpha value is -2.53. The highest BCUT2D eigenvalue weighted by atomic mass is 127. The lowest BCUT2D eigenvalue weighted by Gasteiger charge is -2.18. The molecular weight excluding hydrogens is 439 g/mol. The van der Waals surface area contributed by atoms with Crippen LogP contribution in [0, 0.1) is 12.3 Å². The molecule has 0 heterocycles. The van der Waals surface area contributed by atoms with Gasteiger partial charge in [-0.3, -0.25) is 9.79 Å². The van der Waals surface area contributed by atoms with Crippen molar-refractivity contribution in [1.29, 1.82) is 0 Å². The number of anilines is 1. The lowest BCUT2D eigenvalue weighted by molar-refractivity contribution is -0.115. The number of guanidine groups is 1. The Kier molecular flexibility index (Phi) is 9.23. The average molecular weight is 462 g/mol. The number of carbonyl (C=O) groups is 1. The van der Waals surface area contributed by atoms with Crippen LogP contribution in [0.2, 0.25) is 0 Å². The number of carbonyl (C=O) groups excluding carboxylic acids is 1. The number of hydrogen-bond acceptors (Lipinski definition) is 2. The molecule has 6 heteroatoms. The van der Waals surface area contributed by atoms with Crippen LogP contribution in [0.15, 0.2) is 59.6 Å². The molecule has 0 radical (unpaired) electrons. The zero-order chi connectivity index (χ0) is 18.1. The van der Waals surface area contributed by atoms with Crippen molar-refractivity contribution >= 4 is 41.5 Å². The monoisotopic (exact) mass is 462 g/mol. The van der Waals surface area contributed by atoms with Crippen molar-refractivity contribution in [1.82, 2.24) is 10.6 Å². The highest BCUT2D eigenvalue weighted by Gasteiger charge is 2.09. The Morgan fingerprint density at radius 3 is 2.58 bits per heavy atom. The largest absolute Gasteiger partial charge is 0.350 e. The second kappa shape index (κ2) is 11.2. The number of hydrogen-bond donors (Lipinski definition) is 3. The Bertz CT molecular complexity index is 784. The summed E-state index contributed by atoms with van der Waals surface area (Å²) in [6.07, 6.45) is 5.36. The summed E-state index contributed by atoms with van der Waals surface area (Å²) in [6.45, 7) is 2.13. The van der Waals surface area contributed by atoms with Gasteiger partial charge in [-0.05, 0) is 30.7 Å². The predicted octanol–water partition coefficient (Wildman–Crippen LogP) is 3.15.